The Morgan fingerprint density at radius 1 is 1.00 bits per heavy atom. The number of piperidine rings is 1. The van der Waals surface area contributed by atoms with E-state index in [0.717, 1.165) is 17.3 Å². The first-order valence-electron chi connectivity index (χ1n) is 10.0. The molecule has 27 heavy (non-hydrogen) atoms. The zero-order valence-corrected chi connectivity index (χ0v) is 17.1. The molecule has 2 bridgehead atoms. The summed E-state index contributed by atoms with van der Waals surface area (Å²) in [6.07, 6.45) is 4.98. The Bertz CT molecular complexity index is 791. The van der Waals surface area contributed by atoms with E-state index in [1.165, 1.54) is 42.4 Å². The van der Waals surface area contributed by atoms with E-state index >= 15 is 0 Å². The van der Waals surface area contributed by atoms with Crippen LogP contribution in [0.15, 0.2) is 48.5 Å². The molecule has 2 aliphatic rings. The standard InChI is InChI=1S/C23H29N3S/c1-16-7-6-10-22(17(16)2)25-23(27)24-19-13-20-11-12-21(14-19)26(20)15-18-8-4-3-5-9-18/h3-10,19-21H,11-15H2,1-2H3,(H2,24,25,27)/t20-,21-/m0/s1. The first-order valence-corrected chi connectivity index (χ1v) is 10.4. The Kier molecular flexibility index (Phi) is 5.46. The molecule has 2 aromatic rings. The SMILES string of the molecule is Cc1cccc(NC(=S)NC2C[C@@H]3CC[C@@H](C2)N3Cc2ccccc2)c1C. The van der Waals surface area contributed by atoms with Crippen LogP contribution < -0.4 is 10.6 Å². The second kappa shape index (κ2) is 7.99. The molecule has 2 heterocycles. The molecule has 0 aliphatic carbocycles. The lowest BCUT2D eigenvalue weighted by atomic mass is 9.96. The second-order valence-electron chi connectivity index (χ2n) is 8.06. The summed E-state index contributed by atoms with van der Waals surface area (Å²) in [5.41, 5.74) is 5.08. The topological polar surface area (TPSA) is 27.3 Å². The van der Waals surface area contributed by atoms with E-state index in [0.29, 0.717) is 18.1 Å². The first-order chi connectivity index (χ1) is 13.1. The van der Waals surface area contributed by atoms with Gasteiger partial charge in [-0.05, 0) is 74.5 Å². The van der Waals surface area contributed by atoms with Gasteiger partial charge in [0.1, 0.15) is 0 Å². The summed E-state index contributed by atoms with van der Waals surface area (Å²) in [7, 11) is 0. The van der Waals surface area contributed by atoms with Gasteiger partial charge in [-0.3, -0.25) is 4.90 Å². The Morgan fingerprint density at radius 3 is 2.41 bits per heavy atom. The predicted molar refractivity (Wildman–Crippen MR) is 117 cm³/mol. The van der Waals surface area contributed by atoms with Crippen LogP contribution >= 0.6 is 12.2 Å². The van der Waals surface area contributed by atoms with E-state index in [4.69, 9.17) is 12.2 Å². The van der Waals surface area contributed by atoms with Crippen molar-refractivity contribution in [2.45, 2.75) is 64.2 Å². The average molecular weight is 380 g/mol. The monoisotopic (exact) mass is 379 g/mol. The molecule has 2 aliphatic heterocycles. The highest BCUT2D eigenvalue weighted by Crippen LogP contribution is 2.36. The van der Waals surface area contributed by atoms with Crippen molar-refractivity contribution in [3.8, 4) is 0 Å². The molecular weight excluding hydrogens is 350 g/mol. The van der Waals surface area contributed by atoms with Crippen LogP contribution in [0, 0.1) is 13.8 Å². The maximum Gasteiger partial charge on any atom is 0.171 e. The van der Waals surface area contributed by atoms with Gasteiger partial charge in [0.15, 0.2) is 5.11 Å². The quantitative estimate of drug-likeness (QED) is 0.747. The van der Waals surface area contributed by atoms with Crippen LogP contribution in [0.25, 0.3) is 0 Å². The van der Waals surface area contributed by atoms with Crippen LogP contribution in [0.4, 0.5) is 5.69 Å². The Hall–Kier alpha value is -1.91. The van der Waals surface area contributed by atoms with Gasteiger partial charge >= 0.3 is 0 Å². The molecule has 3 nitrogen and oxygen atoms in total. The molecular formula is C23H29N3S. The van der Waals surface area contributed by atoms with E-state index in [9.17, 15) is 0 Å². The van der Waals surface area contributed by atoms with Crippen molar-refractivity contribution in [3.05, 3.63) is 65.2 Å². The van der Waals surface area contributed by atoms with Gasteiger partial charge in [0.25, 0.3) is 0 Å². The zero-order chi connectivity index (χ0) is 18.8. The van der Waals surface area contributed by atoms with Crippen LogP contribution in [0.3, 0.4) is 0 Å². The van der Waals surface area contributed by atoms with E-state index in [1.807, 2.05) is 0 Å². The molecule has 0 radical (unpaired) electrons. The summed E-state index contributed by atoms with van der Waals surface area (Å²) >= 11 is 5.62. The molecule has 4 rings (SSSR count). The summed E-state index contributed by atoms with van der Waals surface area (Å²) in [6.45, 7) is 5.35. The molecule has 4 heteroatoms. The summed E-state index contributed by atoms with van der Waals surface area (Å²) in [6, 6.07) is 19.0. The normalized spacial score (nSPS) is 24.6. The fourth-order valence-electron chi connectivity index (χ4n) is 4.67. The van der Waals surface area contributed by atoms with Crippen molar-refractivity contribution in [2.24, 2.45) is 0 Å². The van der Waals surface area contributed by atoms with Crippen molar-refractivity contribution in [3.63, 3.8) is 0 Å². The average Bonchev–Trinajstić information content (AvgIpc) is 2.88. The van der Waals surface area contributed by atoms with Crippen molar-refractivity contribution < 1.29 is 0 Å². The molecule has 2 N–H and O–H groups in total. The summed E-state index contributed by atoms with van der Waals surface area (Å²) in [4.78, 5) is 2.72. The second-order valence-corrected chi connectivity index (χ2v) is 8.47. The molecule has 142 valence electrons. The molecule has 2 fully saturated rings. The lowest BCUT2D eigenvalue weighted by Crippen LogP contribution is -2.50. The lowest BCUT2D eigenvalue weighted by Gasteiger charge is -2.39. The Balaban J connectivity index is 1.34. The third kappa shape index (κ3) is 4.17. The highest BCUT2D eigenvalue weighted by molar-refractivity contribution is 7.80. The maximum atomic E-state index is 5.62. The van der Waals surface area contributed by atoms with E-state index in [2.05, 4.69) is 77.9 Å². The molecule has 0 spiro atoms. The zero-order valence-electron chi connectivity index (χ0n) is 16.2. The van der Waals surface area contributed by atoms with Gasteiger partial charge < -0.3 is 10.6 Å². The van der Waals surface area contributed by atoms with Gasteiger partial charge in [0.05, 0.1) is 0 Å². The van der Waals surface area contributed by atoms with Gasteiger partial charge in [-0.25, -0.2) is 0 Å². The number of hydrogen-bond donors (Lipinski definition) is 2. The number of rotatable bonds is 4. The number of nitrogens with one attached hydrogen (secondary N) is 2. The molecule has 0 unspecified atom stereocenters. The van der Waals surface area contributed by atoms with Gasteiger partial charge in [0.2, 0.25) is 0 Å². The smallest absolute Gasteiger partial charge is 0.171 e. The minimum absolute atomic E-state index is 0.472. The van der Waals surface area contributed by atoms with E-state index in [-0.39, 0.29) is 0 Å². The largest absolute Gasteiger partial charge is 0.360 e. The van der Waals surface area contributed by atoms with Gasteiger partial charge in [-0.15, -0.1) is 0 Å². The number of hydrogen-bond acceptors (Lipinski definition) is 2. The van der Waals surface area contributed by atoms with Gasteiger partial charge in [0, 0.05) is 30.4 Å². The van der Waals surface area contributed by atoms with Crippen LogP contribution in [0.1, 0.15) is 42.4 Å². The third-order valence-corrected chi connectivity index (χ3v) is 6.50. The fraction of sp³-hybridized carbons (Fsp3) is 0.435. The summed E-state index contributed by atoms with van der Waals surface area (Å²) < 4.78 is 0. The summed E-state index contributed by atoms with van der Waals surface area (Å²) in [5.74, 6) is 0. The number of benzene rings is 2. The molecule has 2 saturated heterocycles. The van der Waals surface area contributed by atoms with E-state index in [1.54, 1.807) is 0 Å². The number of thiocarbonyl (C=S) groups is 1. The van der Waals surface area contributed by atoms with Crippen LogP contribution in [0.2, 0.25) is 0 Å². The van der Waals surface area contributed by atoms with Crippen molar-refractivity contribution in [2.75, 3.05) is 5.32 Å². The number of aryl methyl sites for hydroxylation is 1. The highest BCUT2D eigenvalue weighted by atomic mass is 32.1. The van der Waals surface area contributed by atoms with Crippen LogP contribution in [0.5, 0.6) is 0 Å². The third-order valence-electron chi connectivity index (χ3n) is 6.28. The number of anilines is 1. The highest BCUT2D eigenvalue weighted by Gasteiger charge is 2.40. The predicted octanol–water partition coefficient (Wildman–Crippen LogP) is 4.79. The minimum Gasteiger partial charge on any atom is -0.360 e. The number of fused-ring (bicyclic) bond motifs is 2. The molecule has 0 saturated carbocycles. The van der Waals surface area contributed by atoms with Crippen molar-refractivity contribution in [1.29, 1.82) is 0 Å². The first kappa shape index (κ1) is 18.5. The fourth-order valence-corrected chi connectivity index (χ4v) is 4.95. The molecule has 0 aromatic heterocycles. The lowest BCUT2D eigenvalue weighted by molar-refractivity contribution is 0.115. The summed E-state index contributed by atoms with van der Waals surface area (Å²) in [5, 5.41) is 7.75. The van der Waals surface area contributed by atoms with Crippen molar-refractivity contribution in [1.82, 2.24) is 10.2 Å². The number of nitrogens with zero attached hydrogens (tertiary/aromatic N) is 1. The molecule has 2 atom stereocenters. The molecule has 2 aromatic carbocycles. The van der Waals surface area contributed by atoms with Crippen LogP contribution in [-0.4, -0.2) is 28.1 Å². The van der Waals surface area contributed by atoms with Crippen LogP contribution in [-0.2, 0) is 6.54 Å². The van der Waals surface area contributed by atoms with Gasteiger partial charge in [-0.2, -0.15) is 0 Å². The Morgan fingerprint density at radius 2 is 1.70 bits per heavy atom. The minimum atomic E-state index is 0.472. The maximum absolute atomic E-state index is 5.62. The van der Waals surface area contributed by atoms with E-state index < -0.39 is 0 Å². The van der Waals surface area contributed by atoms with Gasteiger partial charge in [-0.1, -0.05) is 42.5 Å². The Labute approximate surface area is 168 Å². The van der Waals surface area contributed by atoms with Crippen molar-refractivity contribution >= 4 is 23.0 Å². The molecule has 0 amide bonds.